The largest absolute Gasteiger partial charge is 0.476 e. The number of hydrogen-bond donors (Lipinski definition) is 3. The van der Waals surface area contributed by atoms with Crippen LogP contribution in [0.25, 0.3) is 0 Å². The highest BCUT2D eigenvalue weighted by Gasteiger charge is 2.29. The van der Waals surface area contributed by atoms with Crippen LogP contribution in [0.3, 0.4) is 0 Å². The van der Waals surface area contributed by atoms with E-state index in [1.165, 1.54) is 0 Å². The first-order chi connectivity index (χ1) is 7.59. The highest BCUT2D eigenvalue weighted by atomic mass is 16.4. The van der Waals surface area contributed by atoms with Crippen molar-refractivity contribution in [1.82, 2.24) is 15.5 Å². The number of carbonyl (C=O) groups is 1. The fraction of sp³-hybridized carbons (Fsp3) is 0.636. The molecule has 1 atom stereocenters. The van der Waals surface area contributed by atoms with Gasteiger partial charge in [0.1, 0.15) is 0 Å². The molecule has 2 rings (SSSR count). The fourth-order valence-corrected chi connectivity index (χ4v) is 2.31. The SMILES string of the molecule is CC(C)NC1CCCc2[nH]nc(C(=O)O)c21. The van der Waals surface area contributed by atoms with Crippen molar-refractivity contribution in [1.29, 1.82) is 0 Å². The summed E-state index contributed by atoms with van der Waals surface area (Å²) in [6.45, 7) is 4.13. The summed E-state index contributed by atoms with van der Waals surface area (Å²) in [6, 6.07) is 0.459. The van der Waals surface area contributed by atoms with Crippen molar-refractivity contribution in [2.45, 2.75) is 45.2 Å². The summed E-state index contributed by atoms with van der Waals surface area (Å²) in [5.74, 6) is -0.949. The van der Waals surface area contributed by atoms with Crippen molar-refractivity contribution in [3.8, 4) is 0 Å². The summed E-state index contributed by atoms with van der Waals surface area (Å²) in [5, 5.41) is 19.2. The van der Waals surface area contributed by atoms with Crippen molar-refractivity contribution in [3.05, 3.63) is 17.0 Å². The van der Waals surface area contributed by atoms with Gasteiger partial charge in [-0.15, -0.1) is 0 Å². The van der Waals surface area contributed by atoms with Gasteiger partial charge in [0, 0.05) is 23.3 Å². The zero-order valence-electron chi connectivity index (χ0n) is 9.58. The quantitative estimate of drug-likeness (QED) is 0.725. The lowest BCUT2D eigenvalue weighted by molar-refractivity contribution is 0.0688. The molecule has 0 saturated carbocycles. The molecule has 0 aliphatic heterocycles. The highest BCUT2D eigenvalue weighted by Crippen LogP contribution is 2.31. The molecule has 0 radical (unpaired) electrons. The number of aromatic carboxylic acids is 1. The lowest BCUT2D eigenvalue weighted by atomic mass is 9.90. The summed E-state index contributed by atoms with van der Waals surface area (Å²) >= 11 is 0. The third-order valence-corrected chi connectivity index (χ3v) is 2.89. The number of fused-ring (bicyclic) bond motifs is 1. The zero-order chi connectivity index (χ0) is 11.7. The Labute approximate surface area is 94.2 Å². The van der Waals surface area contributed by atoms with Crippen LogP contribution in [-0.2, 0) is 6.42 Å². The molecule has 5 nitrogen and oxygen atoms in total. The first kappa shape index (κ1) is 11.1. The number of rotatable bonds is 3. The van der Waals surface area contributed by atoms with E-state index in [0.717, 1.165) is 30.5 Å². The lowest BCUT2D eigenvalue weighted by Crippen LogP contribution is -2.31. The Kier molecular flexibility index (Phi) is 2.96. The van der Waals surface area contributed by atoms with Crippen molar-refractivity contribution in [2.24, 2.45) is 0 Å². The molecule has 0 fully saturated rings. The molecule has 0 spiro atoms. The molecule has 1 aliphatic carbocycles. The summed E-state index contributed by atoms with van der Waals surface area (Å²) in [5.41, 5.74) is 2.00. The van der Waals surface area contributed by atoms with E-state index in [2.05, 4.69) is 29.4 Å². The van der Waals surface area contributed by atoms with Crippen LogP contribution in [-0.4, -0.2) is 27.3 Å². The number of carboxylic acids is 1. The van der Waals surface area contributed by atoms with Crippen molar-refractivity contribution < 1.29 is 9.90 Å². The molecule has 0 bridgehead atoms. The number of aromatic nitrogens is 2. The second-order valence-electron chi connectivity index (χ2n) is 4.54. The average Bonchev–Trinajstić information content (AvgIpc) is 2.61. The fourth-order valence-electron chi connectivity index (χ4n) is 2.31. The van der Waals surface area contributed by atoms with E-state index in [1.54, 1.807) is 0 Å². The van der Waals surface area contributed by atoms with Gasteiger partial charge < -0.3 is 10.4 Å². The van der Waals surface area contributed by atoms with Gasteiger partial charge in [0.2, 0.25) is 0 Å². The van der Waals surface area contributed by atoms with E-state index < -0.39 is 5.97 Å². The van der Waals surface area contributed by atoms with Crippen molar-refractivity contribution >= 4 is 5.97 Å². The second kappa shape index (κ2) is 4.25. The number of nitrogens with one attached hydrogen (secondary N) is 2. The van der Waals surface area contributed by atoms with E-state index in [1.807, 2.05) is 0 Å². The van der Waals surface area contributed by atoms with Crippen molar-refractivity contribution in [2.75, 3.05) is 0 Å². The Hall–Kier alpha value is -1.36. The number of nitrogens with zero attached hydrogens (tertiary/aromatic N) is 1. The van der Waals surface area contributed by atoms with E-state index in [-0.39, 0.29) is 11.7 Å². The zero-order valence-corrected chi connectivity index (χ0v) is 9.58. The van der Waals surface area contributed by atoms with E-state index in [4.69, 9.17) is 5.11 Å². The topological polar surface area (TPSA) is 78.0 Å². The Morgan fingerprint density at radius 3 is 3.00 bits per heavy atom. The predicted octanol–water partition coefficient (Wildman–Crippen LogP) is 1.48. The maximum absolute atomic E-state index is 11.1. The molecule has 88 valence electrons. The van der Waals surface area contributed by atoms with Crippen LogP contribution in [0.4, 0.5) is 0 Å². The molecule has 1 heterocycles. The molecule has 0 amide bonds. The van der Waals surface area contributed by atoms with E-state index >= 15 is 0 Å². The first-order valence-electron chi connectivity index (χ1n) is 5.66. The van der Waals surface area contributed by atoms with Crippen molar-refractivity contribution in [3.63, 3.8) is 0 Å². The van der Waals surface area contributed by atoms with E-state index in [0.29, 0.717) is 6.04 Å². The summed E-state index contributed by atoms with van der Waals surface area (Å²) in [6.07, 6.45) is 2.94. The normalized spacial score (nSPS) is 19.8. The van der Waals surface area contributed by atoms with Crippen LogP contribution in [0.15, 0.2) is 0 Å². The van der Waals surface area contributed by atoms with Gasteiger partial charge in [0.05, 0.1) is 0 Å². The average molecular weight is 223 g/mol. The molecule has 1 aromatic rings. The summed E-state index contributed by atoms with van der Waals surface area (Å²) in [7, 11) is 0. The smallest absolute Gasteiger partial charge is 0.356 e. The Bertz CT molecular complexity index is 398. The monoisotopic (exact) mass is 223 g/mol. The minimum Gasteiger partial charge on any atom is -0.476 e. The number of carboxylic acid groups (broad SMARTS) is 1. The van der Waals surface area contributed by atoms with Crippen LogP contribution >= 0.6 is 0 Å². The Morgan fingerprint density at radius 1 is 1.62 bits per heavy atom. The summed E-state index contributed by atoms with van der Waals surface area (Å²) < 4.78 is 0. The van der Waals surface area contributed by atoms with Gasteiger partial charge in [0.15, 0.2) is 5.69 Å². The van der Waals surface area contributed by atoms with Crippen LogP contribution in [0.1, 0.15) is 54.5 Å². The van der Waals surface area contributed by atoms with Gasteiger partial charge in [-0.2, -0.15) is 5.10 Å². The minimum atomic E-state index is -0.949. The molecule has 1 aromatic heterocycles. The third kappa shape index (κ3) is 1.95. The first-order valence-corrected chi connectivity index (χ1v) is 5.66. The molecule has 1 aliphatic rings. The van der Waals surface area contributed by atoms with Gasteiger partial charge in [-0.1, -0.05) is 13.8 Å². The number of aromatic amines is 1. The second-order valence-corrected chi connectivity index (χ2v) is 4.54. The maximum atomic E-state index is 11.1. The van der Waals surface area contributed by atoms with Gasteiger partial charge in [0.25, 0.3) is 0 Å². The Balaban J connectivity index is 2.35. The van der Waals surface area contributed by atoms with Gasteiger partial charge >= 0.3 is 5.97 Å². The van der Waals surface area contributed by atoms with Gasteiger partial charge in [-0.3, -0.25) is 5.10 Å². The van der Waals surface area contributed by atoms with Gasteiger partial charge in [-0.05, 0) is 19.3 Å². The van der Waals surface area contributed by atoms with Gasteiger partial charge in [-0.25, -0.2) is 4.79 Å². The van der Waals surface area contributed by atoms with Crippen LogP contribution in [0.2, 0.25) is 0 Å². The maximum Gasteiger partial charge on any atom is 0.356 e. The summed E-state index contributed by atoms with van der Waals surface area (Å²) in [4.78, 5) is 11.1. The van der Waals surface area contributed by atoms with Crippen LogP contribution < -0.4 is 5.32 Å². The predicted molar refractivity (Wildman–Crippen MR) is 59.5 cm³/mol. The molecule has 5 heteroatoms. The molecule has 0 saturated heterocycles. The standard InChI is InChI=1S/C11H17N3O2/c1-6(2)12-7-4-3-5-8-9(7)10(11(15)16)14-13-8/h6-7,12H,3-5H2,1-2H3,(H,13,14)(H,15,16). The minimum absolute atomic E-state index is 0.119. The Morgan fingerprint density at radius 2 is 2.38 bits per heavy atom. The highest BCUT2D eigenvalue weighted by molar-refractivity contribution is 5.87. The molecule has 0 aromatic carbocycles. The van der Waals surface area contributed by atoms with Crippen LogP contribution in [0.5, 0.6) is 0 Å². The molecule has 3 N–H and O–H groups in total. The number of aryl methyl sites for hydroxylation is 1. The molecule has 1 unspecified atom stereocenters. The van der Waals surface area contributed by atoms with E-state index in [9.17, 15) is 4.79 Å². The molecular weight excluding hydrogens is 206 g/mol. The lowest BCUT2D eigenvalue weighted by Gasteiger charge is -2.25. The molecule has 16 heavy (non-hydrogen) atoms. The molecular formula is C11H17N3O2. The third-order valence-electron chi connectivity index (χ3n) is 2.89. The van der Waals surface area contributed by atoms with Crippen LogP contribution in [0, 0.1) is 0 Å². The number of hydrogen-bond acceptors (Lipinski definition) is 3. The number of H-pyrrole nitrogens is 1.